The van der Waals surface area contributed by atoms with Crippen molar-refractivity contribution >= 4 is 65.4 Å². The van der Waals surface area contributed by atoms with Gasteiger partial charge in [0.05, 0.1) is 87.3 Å². The molecule has 4 fully saturated rings. The van der Waals surface area contributed by atoms with Crippen LogP contribution in [-0.2, 0) is 79.7 Å². The first-order valence-corrected chi connectivity index (χ1v) is 48.1. The van der Waals surface area contributed by atoms with Crippen LogP contribution in [0.15, 0.2) is 36.4 Å². The van der Waals surface area contributed by atoms with Gasteiger partial charge in [0.1, 0.15) is 42.4 Å². The van der Waals surface area contributed by atoms with E-state index in [0.29, 0.717) is 146 Å². The van der Waals surface area contributed by atoms with Crippen molar-refractivity contribution in [3.8, 4) is 92.6 Å². The van der Waals surface area contributed by atoms with Gasteiger partial charge < -0.3 is 86.6 Å². The molecule has 0 saturated carbocycles. The van der Waals surface area contributed by atoms with Crippen molar-refractivity contribution in [2.45, 2.75) is 266 Å². The molecule has 14 atom stereocenters. The van der Waals surface area contributed by atoms with Gasteiger partial charge in [-0.2, -0.15) is 10.5 Å². The second-order valence-electron chi connectivity index (χ2n) is 37.2. The molecule has 5 N–H and O–H groups in total. The quantitative estimate of drug-likeness (QED) is 0.0205. The molecule has 4 saturated heterocycles. The highest BCUT2D eigenvalue weighted by Gasteiger charge is 2.66. The molecule has 8 bridgehead atoms. The van der Waals surface area contributed by atoms with Crippen LogP contribution in [0, 0.1) is 50.4 Å². The topological polar surface area (TPSA) is 392 Å². The molecule has 708 valence electrons. The van der Waals surface area contributed by atoms with E-state index in [1.165, 1.54) is 65.8 Å². The summed E-state index contributed by atoms with van der Waals surface area (Å²) in [6, 6.07) is 8.52. The Balaban J connectivity index is 0.000000186. The molecule has 0 aromatic heterocycles. The molecule has 6 aromatic carbocycles. The van der Waals surface area contributed by atoms with Gasteiger partial charge in [-0.15, -0.1) is 23.5 Å². The van der Waals surface area contributed by atoms with Crippen LogP contribution in [-0.4, -0.2) is 189 Å². The van der Waals surface area contributed by atoms with Crippen LogP contribution in [0.25, 0.3) is 0 Å². The van der Waals surface area contributed by atoms with Crippen molar-refractivity contribution in [3.63, 3.8) is 0 Å². The number of nitrogens with zero attached hydrogens (tertiary/aromatic N) is 5. The van der Waals surface area contributed by atoms with Crippen LogP contribution in [0.1, 0.15) is 249 Å². The van der Waals surface area contributed by atoms with Gasteiger partial charge in [0.2, 0.25) is 13.6 Å². The van der Waals surface area contributed by atoms with E-state index in [9.17, 15) is 44.7 Å². The van der Waals surface area contributed by atoms with Crippen LogP contribution < -0.4 is 72.8 Å². The summed E-state index contributed by atoms with van der Waals surface area (Å²) in [7, 11) is 5.98. The zero-order valence-electron chi connectivity index (χ0n) is 77.8. The highest BCUT2D eigenvalue weighted by atomic mass is 32.2. The van der Waals surface area contributed by atoms with Gasteiger partial charge in [-0.25, -0.2) is 14.4 Å². The number of phenols is 2. The van der Waals surface area contributed by atoms with Crippen molar-refractivity contribution in [1.29, 1.82) is 10.5 Å². The number of benzene rings is 6. The lowest BCUT2D eigenvalue weighted by atomic mass is 9.71. The maximum absolute atomic E-state index is 15.3. The SMILES string of the molecule is CCCCCCCC(=O)Oc1cc2c(cc1OC)[C@@]1(CS[C@@H]3c4c(OC(C)=O)c(C)c5c(c4[C@H](COC1=O)N1C3[C@@H]3N[C@@H](Cc4cc(C)c(OC)c(O)c43)[C@@H]1C#N)OCO5)NCC2.CCCCCCCC(=O)Oc1cc2c(cc1OC)[C@@]1(CS[C@@H]3c4c(OC(C)=O)c(C)c5c(c4[C@H](COC1=O)N1C3[C@H]3c4c(cc(C)c(OC)c4O)C[C@@H]([C@@H]1C#N)N3C(=O)OC(C)(C)C)OCO5)NCC2. The van der Waals surface area contributed by atoms with Crippen molar-refractivity contribution in [1.82, 2.24) is 30.7 Å². The van der Waals surface area contributed by atoms with Gasteiger partial charge in [-0.1, -0.05) is 77.3 Å². The minimum atomic E-state index is -1.52. The average Bonchev–Trinajstić information content (AvgIpc) is 1.48. The van der Waals surface area contributed by atoms with Gasteiger partial charge in [0, 0.05) is 108 Å². The second kappa shape index (κ2) is 37.6. The lowest BCUT2D eigenvalue weighted by Gasteiger charge is -2.62. The number of piperazine rings is 2. The summed E-state index contributed by atoms with van der Waals surface area (Å²) in [6.07, 6.45) is 11.4. The summed E-state index contributed by atoms with van der Waals surface area (Å²) in [5.41, 5.74) is 6.51. The number of carbonyl (C=O) groups is 7. The summed E-state index contributed by atoms with van der Waals surface area (Å²) in [4.78, 5) is 103. The Hall–Kier alpha value is -11.1. The van der Waals surface area contributed by atoms with Crippen molar-refractivity contribution in [3.05, 3.63) is 125 Å². The molecule has 14 heterocycles. The van der Waals surface area contributed by atoms with Crippen LogP contribution in [0.3, 0.4) is 0 Å². The van der Waals surface area contributed by atoms with Crippen LogP contribution in [0.5, 0.6) is 80.5 Å². The molecule has 14 aliphatic rings. The van der Waals surface area contributed by atoms with Crippen molar-refractivity contribution in [2.75, 3.05) is 79.8 Å². The third-order valence-electron chi connectivity index (χ3n) is 28.0. The summed E-state index contributed by atoms with van der Waals surface area (Å²) in [6.45, 7) is 19.6. The van der Waals surface area contributed by atoms with Gasteiger partial charge in [0.15, 0.2) is 80.1 Å². The number of nitrogens with one attached hydrogen (secondary N) is 3. The minimum absolute atomic E-state index is 0.000854. The van der Waals surface area contributed by atoms with E-state index in [-0.39, 0.29) is 110 Å². The number of aromatic hydroxyl groups is 2. The maximum Gasteiger partial charge on any atom is 0.411 e. The van der Waals surface area contributed by atoms with Crippen molar-refractivity contribution in [2.24, 2.45) is 0 Å². The molecule has 133 heavy (non-hydrogen) atoms. The monoisotopic (exact) mass is 1860 g/mol. The number of thioether (sulfide) groups is 2. The van der Waals surface area contributed by atoms with Gasteiger partial charge >= 0.3 is 41.9 Å². The van der Waals surface area contributed by atoms with Gasteiger partial charge in [-0.05, 0) is 156 Å². The molecule has 2 spiro atoms. The van der Waals surface area contributed by atoms with Crippen LogP contribution in [0.4, 0.5) is 4.79 Å². The number of carbonyl (C=O) groups excluding carboxylic acids is 7. The number of methoxy groups -OCH3 is 4. The number of nitriles is 2. The van der Waals surface area contributed by atoms with E-state index in [4.69, 9.17) is 71.1 Å². The van der Waals surface area contributed by atoms with Crippen LogP contribution in [0.2, 0.25) is 0 Å². The minimum Gasteiger partial charge on any atom is -0.504 e. The summed E-state index contributed by atoms with van der Waals surface area (Å²) >= 11 is 2.82. The molecule has 34 heteroatoms. The normalized spacial score (nSPS) is 25.7. The number of rotatable bonds is 20. The lowest BCUT2D eigenvalue weighted by molar-refractivity contribution is -0.157. The number of amides is 1. The Kier molecular flexibility index (Phi) is 26.5. The Morgan fingerprint density at radius 3 is 1.43 bits per heavy atom. The van der Waals surface area contributed by atoms with E-state index >= 15 is 9.59 Å². The highest BCUT2D eigenvalue weighted by molar-refractivity contribution is 7.99. The molecule has 20 rings (SSSR count). The lowest BCUT2D eigenvalue weighted by Crippen LogP contribution is -2.71. The standard InChI is InChI=1S/C52H62N4O13S.C47H54N4O11S/c1-10-11-12-13-14-15-37(58)68-36-20-29-16-17-54-52(31(29)21-35(36)62-8)24-70-48-40-39(47-46(65-25-66-47)27(3)45(40)67-28(4)57)34(23-64-49(52)60)55-33(22-53)32-19-30-18-26(2)44(63-9)43(59)38(30)41(42(48)55)56(32)50(61)69-51(5,6)7;1-7-8-9-10-11-12-34(53)62-33-17-26-13-14-49-47(28(26)18-32(33)56-5)21-63-45-37-36(44-43(59-22-60-44)24(3)42(37)61-25(4)52)31(20-58-46(47)55)51-30(19-48)29-16-27-15-23(2)41(57-6)40(54)35(27)38(50-29)39(45)51/h18,20-21,32-34,41-42,48,54,59H,10-17,19,23-25H2,1-9H3;15,17-18,29-31,38-39,45,49-50,54H,7-14,16,20-22H2,1-6H3/t32-,33-,34-,41+,42?,48+,52+;29-,30-,31-,38+,39?,45+,47+/m00/s1. The summed E-state index contributed by atoms with van der Waals surface area (Å²) < 4.78 is 91.4. The number of esters is 6. The smallest absolute Gasteiger partial charge is 0.411 e. The first kappa shape index (κ1) is 93.7. The fourth-order valence-electron chi connectivity index (χ4n) is 22.5. The first-order valence-electron chi connectivity index (χ1n) is 46.0. The molecular weight excluding hydrogens is 1750 g/mol. The predicted octanol–water partition coefficient (Wildman–Crippen LogP) is 14.1. The molecule has 32 nitrogen and oxygen atoms in total. The Bertz CT molecular complexity index is 5790. The third-order valence-corrected chi connectivity index (χ3v) is 31.0. The highest BCUT2D eigenvalue weighted by Crippen LogP contribution is 2.68. The number of hydrogen-bond acceptors (Lipinski definition) is 33. The van der Waals surface area contributed by atoms with Gasteiger partial charge in [-0.3, -0.25) is 44.5 Å². The molecular formula is C99H116N8O24S2. The average molecular weight is 1870 g/mol. The number of phenolic OH excluding ortho intramolecular Hbond substituents is 2. The largest absolute Gasteiger partial charge is 0.504 e. The van der Waals surface area contributed by atoms with E-state index in [2.05, 4.69) is 46.8 Å². The zero-order chi connectivity index (χ0) is 94.3. The predicted molar refractivity (Wildman–Crippen MR) is 486 cm³/mol. The fraction of sp³-hybridized carbons (Fsp3) is 0.545. The number of aryl methyl sites for hydroxylation is 2. The zero-order valence-corrected chi connectivity index (χ0v) is 79.4. The van der Waals surface area contributed by atoms with Crippen molar-refractivity contribution < 1.29 is 115 Å². The Labute approximate surface area is 781 Å². The fourth-order valence-corrected chi connectivity index (χ4v) is 25.9. The van der Waals surface area contributed by atoms with Crippen LogP contribution >= 0.6 is 23.5 Å². The van der Waals surface area contributed by atoms with Gasteiger partial charge in [0.25, 0.3) is 0 Å². The molecule has 0 aliphatic carbocycles. The molecule has 0 radical (unpaired) electrons. The second-order valence-corrected chi connectivity index (χ2v) is 39.5. The van der Waals surface area contributed by atoms with E-state index < -0.39 is 112 Å². The first-order chi connectivity index (χ1) is 63.9. The number of fused-ring (bicyclic) bond motifs is 18. The van der Waals surface area contributed by atoms with E-state index in [0.717, 1.165) is 85.6 Å². The number of ether oxygens (including phenoxy) is 15. The van der Waals surface area contributed by atoms with E-state index in [1.54, 1.807) is 56.9 Å². The Morgan fingerprint density at radius 2 is 0.977 bits per heavy atom. The molecule has 2 unspecified atom stereocenters. The summed E-state index contributed by atoms with van der Waals surface area (Å²) in [5, 5.41) is 56.5. The third kappa shape index (κ3) is 16.3. The number of unbranched alkanes of at least 4 members (excludes halogenated alkanes) is 8. The maximum atomic E-state index is 15.3. The molecule has 6 aromatic rings. The Morgan fingerprint density at radius 1 is 0.526 bits per heavy atom. The molecule has 14 aliphatic heterocycles. The molecule has 1 amide bonds. The number of hydrogen-bond donors (Lipinski definition) is 5. The summed E-state index contributed by atoms with van der Waals surface area (Å²) in [5.74, 6) is 0.869. The van der Waals surface area contributed by atoms with E-state index in [1.807, 2.05) is 37.8 Å².